The predicted octanol–water partition coefficient (Wildman–Crippen LogP) is 4.25. The second-order valence-electron chi connectivity index (χ2n) is 5.70. The number of hydrogen-bond acceptors (Lipinski definition) is 3. The predicted molar refractivity (Wildman–Crippen MR) is 87.2 cm³/mol. The monoisotopic (exact) mass is 291 g/mol. The molecule has 1 heterocycles. The van der Waals surface area contributed by atoms with Crippen molar-refractivity contribution in [1.29, 1.82) is 0 Å². The molecule has 0 bridgehead atoms. The van der Waals surface area contributed by atoms with E-state index in [-0.39, 0.29) is 5.54 Å². The van der Waals surface area contributed by atoms with Gasteiger partial charge in [0.1, 0.15) is 0 Å². The number of ether oxygens (including phenoxy) is 2. The Bertz CT molecular complexity index is 437. The highest BCUT2D eigenvalue weighted by atomic mass is 16.5. The van der Waals surface area contributed by atoms with Crippen molar-refractivity contribution in [2.24, 2.45) is 0 Å². The molecule has 0 spiro atoms. The van der Waals surface area contributed by atoms with E-state index in [9.17, 15) is 0 Å². The molecule has 0 aliphatic carbocycles. The first kappa shape index (κ1) is 16.2. The molecule has 1 aromatic rings. The zero-order chi connectivity index (χ0) is 15.1. The van der Waals surface area contributed by atoms with Crippen molar-refractivity contribution in [3.8, 4) is 11.5 Å². The van der Waals surface area contributed by atoms with Crippen LogP contribution in [0.15, 0.2) is 18.2 Å². The Hall–Kier alpha value is -1.22. The minimum atomic E-state index is 0.0904. The number of benzene rings is 1. The van der Waals surface area contributed by atoms with E-state index in [0.29, 0.717) is 13.2 Å². The van der Waals surface area contributed by atoms with Gasteiger partial charge in [-0.05, 0) is 57.4 Å². The summed E-state index contributed by atoms with van der Waals surface area (Å²) in [5.41, 5.74) is 1.42. The van der Waals surface area contributed by atoms with Crippen LogP contribution in [0.1, 0.15) is 58.4 Å². The zero-order valence-corrected chi connectivity index (χ0v) is 13.7. The van der Waals surface area contributed by atoms with Crippen molar-refractivity contribution in [3.63, 3.8) is 0 Å². The first-order valence-electron chi connectivity index (χ1n) is 8.41. The Morgan fingerprint density at radius 1 is 1.00 bits per heavy atom. The summed E-state index contributed by atoms with van der Waals surface area (Å²) in [6, 6.07) is 6.44. The lowest BCUT2D eigenvalue weighted by atomic mass is 9.83. The molecule has 1 fully saturated rings. The van der Waals surface area contributed by atoms with E-state index in [2.05, 4.69) is 30.4 Å². The highest BCUT2D eigenvalue weighted by molar-refractivity contribution is 5.45. The zero-order valence-electron chi connectivity index (χ0n) is 13.7. The molecule has 118 valence electrons. The average Bonchev–Trinajstić information content (AvgIpc) is 2.76. The molecule has 1 unspecified atom stereocenters. The summed E-state index contributed by atoms with van der Waals surface area (Å²) >= 11 is 0. The van der Waals surface area contributed by atoms with E-state index in [1.54, 1.807) is 0 Å². The van der Waals surface area contributed by atoms with Crippen molar-refractivity contribution < 1.29 is 9.47 Å². The molecule has 0 amide bonds. The molecule has 1 N–H and O–H groups in total. The molecule has 0 saturated carbocycles. The largest absolute Gasteiger partial charge is 0.490 e. The number of rotatable bonds is 6. The van der Waals surface area contributed by atoms with E-state index in [1.807, 2.05) is 13.8 Å². The lowest BCUT2D eigenvalue weighted by Gasteiger charge is -2.34. The Morgan fingerprint density at radius 3 is 2.48 bits per heavy atom. The summed E-state index contributed by atoms with van der Waals surface area (Å²) in [5, 5.41) is 3.79. The van der Waals surface area contributed by atoms with Gasteiger partial charge >= 0.3 is 0 Å². The molecule has 0 aromatic heterocycles. The van der Waals surface area contributed by atoms with Gasteiger partial charge in [-0.3, -0.25) is 0 Å². The van der Waals surface area contributed by atoms with Gasteiger partial charge in [0.2, 0.25) is 0 Å². The quantitative estimate of drug-likeness (QED) is 0.850. The summed E-state index contributed by atoms with van der Waals surface area (Å²) in [6.07, 6.45) is 6.19. The fourth-order valence-corrected chi connectivity index (χ4v) is 3.25. The van der Waals surface area contributed by atoms with E-state index in [0.717, 1.165) is 24.5 Å². The first-order chi connectivity index (χ1) is 10.3. The van der Waals surface area contributed by atoms with Crippen LogP contribution in [0.5, 0.6) is 11.5 Å². The average molecular weight is 291 g/mol. The Morgan fingerprint density at radius 2 is 1.76 bits per heavy atom. The molecule has 1 aliphatic rings. The van der Waals surface area contributed by atoms with Crippen LogP contribution in [0.25, 0.3) is 0 Å². The molecule has 1 aromatic carbocycles. The van der Waals surface area contributed by atoms with Crippen LogP contribution in [0.4, 0.5) is 0 Å². The summed E-state index contributed by atoms with van der Waals surface area (Å²) in [5.74, 6) is 1.72. The smallest absolute Gasteiger partial charge is 0.161 e. The highest BCUT2D eigenvalue weighted by Crippen LogP contribution is 2.38. The third kappa shape index (κ3) is 3.70. The van der Waals surface area contributed by atoms with Gasteiger partial charge < -0.3 is 14.8 Å². The highest BCUT2D eigenvalue weighted by Gasteiger charge is 2.31. The molecular formula is C18H29NO2. The molecule has 21 heavy (non-hydrogen) atoms. The van der Waals surface area contributed by atoms with E-state index in [4.69, 9.17) is 9.47 Å². The molecule has 0 radical (unpaired) electrons. The van der Waals surface area contributed by atoms with Gasteiger partial charge in [-0.15, -0.1) is 0 Å². The normalized spacial score (nSPS) is 22.6. The van der Waals surface area contributed by atoms with Crippen LogP contribution in [0.3, 0.4) is 0 Å². The van der Waals surface area contributed by atoms with Crippen molar-refractivity contribution in [3.05, 3.63) is 23.8 Å². The van der Waals surface area contributed by atoms with E-state index >= 15 is 0 Å². The lowest BCUT2D eigenvalue weighted by Crippen LogP contribution is -2.41. The van der Waals surface area contributed by atoms with Gasteiger partial charge in [0, 0.05) is 5.54 Å². The van der Waals surface area contributed by atoms with Crippen LogP contribution in [-0.2, 0) is 5.54 Å². The second-order valence-corrected chi connectivity index (χ2v) is 5.70. The lowest BCUT2D eigenvalue weighted by molar-refractivity contribution is 0.281. The Kier molecular flexibility index (Phi) is 5.92. The summed E-state index contributed by atoms with van der Waals surface area (Å²) in [7, 11) is 0. The Balaban J connectivity index is 2.34. The fraction of sp³-hybridized carbons (Fsp3) is 0.667. The van der Waals surface area contributed by atoms with E-state index in [1.165, 1.54) is 31.2 Å². The summed E-state index contributed by atoms with van der Waals surface area (Å²) < 4.78 is 11.5. The van der Waals surface area contributed by atoms with Gasteiger partial charge in [-0.2, -0.15) is 0 Å². The van der Waals surface area contributed by atoms with Crippen molar-refractivity contribution >= 4 is 0 Å². The topological polar surface area (TPSA) is 30.5 Å². The standard InChI is InChI=1S/C18H29NO2/c1-4-18(12-8-7-9-13-19-18)15-10-11-16(20-5-2)17(14-15)21-6-3/h10-11,14,19H,4-9,12-13H2,1-3H3. The van der Waals surface area contributed by atoms with Crippen LogP contribution in [0.2, 0.25) is 0 Å². The second kappa shape index (κ2) is 7.69. The van der Waals surface area contributed by atoms with Gasteiger partial charge in [-0.25, -0.2) is 0 Å². The van der Waals surface area contributed by atoms with E-state index < -0.39 is 0 Å². The van der Waals surface area contributed by atoms with Gasteiger partial charge in [0.15, 0.2) is 11.5 Å². The molecular weight excluding hydrogens is 262 g/mol. The van der Waals surface area contributed by atoms with Crippen LogP contribution in [-0.4, -0.2) is 19.8 Å². The molecule has 1 atom stereocenters. The van der Waals surface area contributed by atoms with Crippen molar-refractivity contribution in [2.45, 2.75) is 58.4 Å². The maximum Gasteiger partial charge on any atom is 0.161 e. The minimum absolute atomic E-state index is 0.0904. The molecule has 2 rings (SSSR count). The minimum Gasteiger partial charge on any atom is -0.490 e. The summed E-state index contributed by atoms with van der Waals surface area (Å²) in [4.78, 5) is 0. The van der Waals surface area contributed by atoms with Gasteiger partial charge in [0.25, 0.3) is 0 Å². The van der Waals surface area contributed by atoms with Gasteiger partial charge in [0.05, 0.1) is 13.2 Å². The summed E-state index contributed by atoms with van der Waals surface area (Å²) in [6.45, 7) is 8.72. The van der Waals surface area contributed by atoms with Crippen molar-refractivity contribution in [1.82, 2.24) is 5.32 Å². The van der Waals surface area contributed by atoms with Crippen molar-refractivity contribution in [2.75, 3.05) is 19.8 Å². The van der Waals surface area contributed by atoms with Crippen LogP contribution >= 0.6 is 0 Å². The third-order valence-corrected chi connectivity index (χ3v) is 4.44. The fourth-order valence-electron chi connectivity index (χ4n) is 3.25. The van der Waals surface area contributed by atoms with Crippen LogP contribution < -0.4 is 14.8 Å². The first-order valence-corrected chi connectivity index (χ1v) is 8.41. The molecule has 1 aliphatic heterocycles. The van der Waals surface area contributed by atoms with Crippen LogP contribution in [0, 0.1) is 0 Å². The number of nitrogens with one attached hydrogen (secondary N) is 1. The Labute approximate surface area is 129 Å². The maximum atomic E-state index is 5.79. The molecule has 3 nitrogen and oxygen atoms in total. The third-order valence-electron chi connectivity index (χ3n) is 4.44. The van der Waals surface area contributed by atoms with Gasteiger partial charge in [-0.1, -0.05) is 25.8 Å². The maximum absolute atomic E-state index is 5.79. The molecule has 3 heteroatoms. The number of hydrogen-bond donors (Lipinski definition) is 1. The molecule has 1 saturated heterocycles. The SMILES string of the molecule is CCOc1ccc(C2(CC)CCCCCN2)cc1OCC.